The summed E-state index contributed by atoms with van der Waals surface area (Å²) in [5.41, 5.74) is 2.60. The zero-order chi connectivity index (χ0) is 11.4. The van der Waals surface area contributed by atoms with Gasteiger partial charge in [-0.15, -0.1) is 0 Å². The van der Waals surface area contributed by atoms with Crippen LogP contribution in [0.5, 0.6) is 0 Å². The molecule has 3 heteroatoms. The average Bonchev–Trinajstić information content (AvgIpc) is 2.20. The molecule has 0 amide bonds. The van der Waals surface area contributed by atoms with E-state index in [1.807, 2.05) is 0 Å². The molecule has 0 radical (unpaired) electrons. The van der Waals surface area contributed by atoms with Crippen LogP contribution in [0.15, 0.2) is 21.1 Å². The van der Waals surface area contributed by atoms with Crippen LogP contribution in [0.2, 0.25) is 0 Å². The number of benzene rings is 1. The molecule has 0 nitrogen and oxygen atoms in total. The van der Waals surface area contributed by atoms with Crippen LogP contribution in [-0.2, 0) is 0 Å². The van der Waals surface area contributed by atoms with E-state index in [1.165, 1.54) is 39.3 Å². The molecule has 1 unspecified atom stereocenters. The third-order valence-corrected chi connectivity index (χ3v) is 4.92. The van der Waals surface area contributed by atoms with E-state index in [2.05, 4.69) is 73.8 Å². The smallest absolute Gasteiger partial charge is 0.0406 e. The van der Waals surface area contributed by atoms with Crippen molar-refractivity contribution in [2.45, 2.75) is 37.9 Å². The van der Waals surface area contributed by atoms with Gasteiger partial charge in [-0.25, -0.2) is 0 Å². The van der Waals surface area contributed by atoms with Crippen molar-refractivity contribution in [2.75, 3.05) is 0 Å². The Morgan fingerprint density at radius 3 is 2.47 bits per heavy atom. The van der Waals surface area contributed by atoms with E-state index < -0.39 is 0 Å². The van der Waals surface area contributed by atoms with E-state index in [4.69, 9.17) is 0 Å². The minimum Gasteiger partial charge on any atom is -0.0838 e. The summed E-state index contributed by atoms with van der Waals surface area (Å²) in [7, 11) is 0. The molecule has 0 aromatic heterocycles. The van der Waals surface area contributed by atoms with Gasteiger partial charge in [-0.2, -0.15) is 0 Å². The fraction of sp³-hybridized carbons (Fsp3) is 0.500. The van der Waals surface area contributed by atoms with E-state index >= 15 is 0 Å². The Bertz CT molecular complexity index is 334. The number of hydrogen-bond acceptors (Lipinski definition) is 0. The van der Waals surface area contributed by atoms with Gasteiger partial charge in [0.2, 0.25) is 0 Å². The maximum atomic E-state index is 3.75. The van der Waals surface area contributed by atoms with Gasteiger partial charge < -0.3 is 0 Å². The molecule has 1 rings (SSSR count). The lowest BCUT2D eigenvalue weighted by atomic mass is 10.1. The molecule has 84 valence electrons. The third-order valence-electron chi connectivity index (χ3n) is 2.43. The highest BCUT2D eigenvalue weighted by Crippen LogP contribution is 2.36. The first-order chi connectivity index (χ1) is 7.06. The summed E-state index contributed by atoms with van der Waals surface area (Å²) in [5.74, 6) is 0. The molecule has 0 saturated carbocycles. The average molecular weight is 399 g/mol. The van der Waals surface area contributed by atoms with E-state index in [0.29, 0.717) is 4.83 Å². The summed E-state index contributed by atoms with van der Waals surface area (Å²) in [6, 6.07) is 4.37. The summed E-state index contributed by atoms with van der Waals surface area (Å²) < 4.78 is 2.38. The number of alkyl halides is 1. The standard InChI is InChI=1S/C12H15Br3/c1-3-4-5-10(13)9-7-11(14)8(2)6-12(9)15/h6-7,10H,3-5H2,1-2H3. The molecule has 0 bridgehead atoms. The normalized spacial score (nSPS) is 12.9. The highest BCUT2D eigenvalue weighted by Gasteiger charge is 2.12. The molecule has 15 heavy (non-hydrogen) atoms. The van der Waals surface area contributed by atoms with Crippen molar-refractivity contribution in [1.82, 2.24) is 0 Å². The Morgan fingerprint density at radius 2 is 1.87 bits per heavy atom. The molecule has 0 aliphatic heterocycles. The van der Waals surface area contributed by atoms with Gasteiger partial charge in [0.15, 0.2) is 0 Å². The van der Waals surface area contributed by atoms with Crippen LogP contribution in [0, 0.1) is 6.92 Å². The minimum atomic E-state index is 0.448. The summed E-state index contributed by atoms with van der Waals surface area (Å²) in [6.45, 7) is 4.33. The van der Waals surface area contributed by atoms with Gasteiger partial charge in [-0.05, 0) is 36.6 Å². The Morgan fingerprint density at radius 1 is 1.20 bits per heavy atom. The van der Waals surface area contributed by atoms with Crippen molar-refractivity contribution < 1.29 is 0 Å². The first-order valence-electron chi connectivity index (χ1n) is 5.15. The lowest BCUT2D eigenvalue weighted by molar-refractivity contribution is 0.711. The lowest BCUT2D eigenvalue weighted by Crippen LogP contribution is -1.93. The Labute approximate surface area is 117 Å². The summed E-state index contributed by atoms with van der Waals surface area (Å²) >= 11 is 10.9. The van der Waals surface area contributed by atoms with Crippen molar-refractivity contribution in [2.24, 2.45) is 0 Å². The van der Waals surface area contributed by atoms with Crippen LogP contribution in [0.25, 0.3) is 0 Å². The molecule has 1 aromatic rings. The van der Waals surface area contributed by atoms with Gasteiger partial charge in [-0.3, -0.25) is 0 Å². The summed E-state index contributed by atoms with van der Waals surface area (Å²) in [6.07, 6.45) is 3.69. The molecule has 0 N–H and O–H groups in total. The number of hydrogen-bond donors (Lipinski definition) is 0. The number of halogens is 3. The summed E-state index contributed by atoms with van der Waals surface area (Å²) in [4.78, 5) is 0.448. The molecular formula is C12H15Br3. The van der Waals surface area contributed by atoms with Crippen molar-refractivity contribution in [1.29, 1.82) is 0 Å². The van der Waals surface area contributed by atoms with Gasteiger partial charge in [-0.1, -0.05) is 67.6 Å². The van der Waals surface area contributed by atoms with Crippen LogP contribution in [-0.4, -0.2) is 0 Å². The molecule has 0 spiro atoms. The summed E-state index contributed by atoms with van der Waals surface area (Å²) in [5, 5.41) is 0. The van der Waals surface area contributed by atoms with Crippen molar-refractivity contribution >= 4 is 47.8 Å². The number of aryl methyl sites for hydroxylation is 1. The molecule has 1 atom stereocenters. The van der Waals surface area contributed by atoms with E-state index in [9.17, 15) is 0 Å². The zero-order valence-electron chi connectivity index (χ0n) is 8.99. The molecule has 0 aliphatic carbocycles. The van der Waals surface area contributed by atoms with E-state index in [1.54, 1.807) is 0 Å². The molecule has 0 saturated heterocycles. The van der Waals surface area contributed by atoms with Crippen LogP contribution in [0.3, 0.4) is 0 Å². The van der Waals surface area contributed by atoms with E-state index in [0.717, 1.165) is 0 Å². The SMILES string of the molecule is CCCCC(Br)c1cc(Br)c(C)cc1Br. The highest BCUT2D eigenvalue weighted by atomic mass is 79.9. The van der Waals surface area contributed by atoms with Crippen LogP contribution in [0.4, 0.5) is 0 Å². The zero-order valence-corrected chi connectivity index (χ0v) is 13.7. The third kappa shape index (κ3) is 3.86. The van der Waals surface area contributed by atoms with Crippen molar-refractivity contribution in [3.8, 4) is 0 Å². The molecule has 0 heterocycles. The van der Waals surface area contributed by atoms with Gasteiger partial charge in [0.1, 0.15) is 0 Å². The van der Waals surface area contributed by atoms with Crippen LogP contribution < -0.4 is 0 Å². The number of rotatable bonds is 4. The quantitative estimate of drug-likeness (QED) is 0.534. The van der Waals surface area contributed by atoms with Gasteiger partial charge in [0, 0.05) is 13.8 Å². The first kappa shape index (κ1) is 13.7. The Balaban J connectivity index is 2.88. The topological polar surface area (TPSA) is 0 Å². The largest absolute Gasteiger partial charge is 0.0838 e. The van der Waals surface area contributed by atoms with Crippen LogP contribution in [0.1, 0.15) is 42.1 Å². The fourth-order valence-corrected chi connectivity index (χ4v) is 3.55. The second kappa shape index (κ2) is 6.41. The molecule has 1 aromatic carbocycles. The maximum absolute atomic E-state index is 3.75. The fourth-order valence-electron chi connectivity index (χ4n) is 1.44. The second-order valence-corrected chi connectivity index (χ2v) is 6.55. The van der Waals surface area contributed by atoms with Gasteiger partial charge in [0.05, 0.1) is 0 Å². The Hall–Kier alpha value is 0.660. The second-order valence-electron chi connectivity index (χ2n) is 3.73. The van der Waals surface area contributed by atoms with Crippen LogP contribution >= 0.6 is 47.8 Å². The molecular weight excluding hydrogens is 384 g/mol. The lowest BCUT2D eigenvalue weighted by Gasteiger charge is -2.13. The minimum absolute atomic E-state index is 0.448. The predicted molar refractivity (Wildman–Crippen MR) is 77.8 cm³/mol. The van der Waals surface area contributed by atoms with E-state index in [-0.39, 0.29) is 0 Å². The predicted octanol–water partition coefficient (Wildman–Crippen LogP) is 6.15. The molecule has 0 aliphatic rings. The maximum Gasteiger partial charge on any atom is 0.0406 e. The van der Waals surface area contributed by atoms with Crippen molar-refractivity contribution in [3.05, 3.63) is 32.2 Å². The van der Waals surface area contributed by atoms with Crippen molar-refractivity contribution in [3.63, 3.8) is 0 Å². The Kier molecular flexibility index (Phi) is 5.86. The number of unbranched alkanes of at least 4 members (excludes halogenated alkanes) is 1. The van der Waals surface area contributed by atoms with Gasteiger partial charge >= 0.3 is 0 Å². The molecule has 0 fully saturated rings. The highest BCUT2D eigenvalue weighted by molar-refractivity contribution is 9.11. The first-order valence-corrected chi connectivity index (χ1v) is 7.66. The van der Waals surface area contributed by atoms with Gasteiger partial charge in [0.25, 0.3) is 0 Å². The monoisotopic (exact) mass is 396 g/mol.